The Kier molecular flexibility index (Phi) is 8.47. The van der Waals surface area contributed by atoms with E-state index in [9.17, 15) is 14.4 Å². The molecule has 0 spiro atoms. The molecule has 1 unspecified atom stereocenters. The molecule has 0 radical (unpaired) electrons. The molecular formula is C23H27NO5S. The summed E-state index contributed by atoms with van der Waals surface area (Å²) >= 11 is 4.30. The van der Waals surface area contributed by atoms with E-state index >= 15 is 0 Å². The number of nitrogens with one attached hydrogen (secondary N) is 1. The first kappa shape index (κ1) is 23.5. The lowest BCUT2D eigenvalue weighted by molar-refractivity contribution is -0.161. The standard InChI is InChI=1S/C23H27NO5S/c1-23(2,3)22(27)29-15-28-21(26)17-10-7-11-19(13-17)24-20(25)18(14-30)12-16-8-5-4-6-9-16/h4-11,13,18,30H,12,14-15H2,1-3H3,(H,24,25). The molecule has 0 bridgehead atoms. The van der Waals surface area contributed by atoms with Crippen molar-refractivity contribution in [2.45, 2.75) is 27.2 Å². The zero-order valence-corrected chi connectivity index (χ0v) is 18.3. The van der Waals surface area contributed by atoms with Gasteiger partial charge in [-0.05, 0) is 51.0 Å². The number of carbonyl (C=O) groups is 3. The van der Waals surface area contributed by atoms with E-state index < -0.39 is 24.1 Å². The Labute approximate surface area is 182 Å². The van der Waals surface area contributed by atoms with Crippen molar-refractivity contribution in [2.75, 3.05) is 17.9 Å². The van der Waals surface area contributed by atoms with Crippen LogP contribution >= 0.6 is 12.6 Å². The lowest BCUT2D eigenvalue weighted by Crippen LogP contribution is -2.26. The van der Waals surface area contributed by atoms with Crippen molar-refractivity contribution < 1.29 is 23.9 Å². The third-order valence-electron chi connectivity index (χ3n) is 4.27. The monoisotopic (exact) mass is 429 g/mol. The second kappa shape index (κ2) is 10.8. The maximum atomic E-state index is 12.6. The number of esters is 2. The smallest absolute Gasteiger partial charge is 0.341 e. The highest BCUT2D eigenvalue weighted by Gasteiger charge is 2.23. The number of ether oxygens (including phenoxy) is 2. The molecule has 0 fully saturated rings. The fourth-order valence-corrected chi connectivity index (χ4v) is 2.84. The van der Waals surface area contributed by atoms with Crippen molar-refractivity contribution in [2.24, 2.45) is 11.3 Å². The SMILES string of the molecule is CC(C)(C)C(=O)OCOC(=O)c1cccc(NC(=O)C(CS)Cc2ccccc2)c1. The van der Waals surface area contributed by atoms with Crippen molar-refractivity contribution in [1.82, 2.24) is 0 Å². The van der Waals surface area contributed by atoms with Gasteiger partial charge < -0.3 is 14.8 Å². The molecule has 0 aliphatic heterocycles. The predicted molar refractivity (Wildman–Crippen MR) is 118 cm³/mol. The number of thiol groups is 1. The summed E-state index contributed by atoms with van der Waals surface area (Å²) in [6.45, 7) is 4.65. The Morgan fingerprint density at radius 1 is 1.00 bits per heavy atom. The molecule has 0 aromatic heterocycles. The number of amides is 1. The van der Waals surface area contributed by atoms with Gasteiger partial charge in [0.25, 0.3) is 0 Å². The van der Waals surface area contributed by atoms with E-state index in [0.29, 0.717) is 17.9 Å². The quantitative estimate of drug-likeness (QED) is 0.375. The second-order valence-corrected chi connectivity index (χ2v) is 8.24. The first-order chi connectivity index (χ1) is 14.2. The van der Waals surface area contributed by atoms with E-state index in [1.807, 2.05) is 30.3 Å². The first-order valence-electron chi connectivity index (χ1n) is 9.60. The molecule has 30 heavy (non-hydrogen) atoms. The fourth-order valence-electron chi connectivity index (χ4n) is 2.54. The van der Waals surface area contributed by atoms with Crippen LogP contribution < -0.4 is 5.32 Å². The molecule has 0 saturated carbocycles. The summed E-state index contributed by atoms with van der Waals surface area (Å²) in [7, 11) is 0. The number of carbonyl (C=O) groups excluding carboxylic acids is 3. The van der Waals surface area contributed by atoms with E-state index in [-0.39, 0.29) is 17.4 Å². The molecule has 1 atom stereocenters. The van der Waals surface area contributed by atoms with Crippen LogP contribution in [0.2, 0.25) is 0 Å². The lowest BCUT2D eigenvalue weighted by Gasteiger charge is -2.16. The molecule has 2 aromatic carbocycles. The minimum absolute atomic E-state index is 0.182. The molecule has 7 heteroatoms. The van der Waals surface area contributed by atoms with Crippen molar-refractivity contribution >= 4 is 36.2 Å². The van der Waals surface area contributed by atoms with Crippen molar-refractivity contribution in [1.29, 1.82) is 0 Å². The average Bonchev–Trinajstić information content (AvgIpc) is 2.72. The third-order valence-corrected chi connectivity index (χ3v) is 4.72. The molecule has 0 aliphatic carbocycles. The van der Waals surface area contributed by atoms with Gasteiger partial charge in [-0.1, -0.05) is 36.4 Å². The van der Waals surface area contributed by atoms with Gasteiger partial charge >= 0.3 is 11.9 Å². The Morgan fingerprint density at radius 3 is 2.33 bits per heavy atom. The topological polar surface area (TPSA) is 81.7 Å². The summed E-state index contributed by atoms with van der Waals surface area (Å²) in [5, 5.41) is 2.82. The van der Waals surface area contributed by atoms with Crippen LogP contribution in [0.5, 0.6) is 0 Å². The summed E-state index contributed by atoms with van der Waals surface area (Å²) in [6.07, 6.45) is 0.567. The average molecular weight is 430 g/mol. The predicted octanol–water partition coefficient (Wildman–Crippen LogP) is 4.12. The van der Waals surface area contributed by atoms with Crippen molar-refractivity contribution in [3.05, 3.63) is 65.7 Å². The van der Waals surface area contributed by atoms with Crippen molar-refractivity contribution in [3.63, 3.8) is 0 Å². The molecule has 0 aliphatic rings. The van der Waals surface area contributed by atoms with Gasteiger partial charge in [-0.2, -0.15) is 12.6 Å². The lowest BCUT2D eigenvalue weighted by atomic mass is 9.98. The minimum atomic E-state index is -0.681. The second-order valence-electron chi connectivity index (χ2n) is 7.87. The summed E-state index contributed by atoms with van der Waals surface area (Å²) in [4.78, 5) is 36.6. The summed E-state index contributed by atoms with van der Waals surface area (Å²) in [5.74, 6) is -1.22. The zero-order chi connectivity index (χ0) is 22.1. The Bertz CT molecular complexity index is 877. The number of anilines is 1. The largest absolute Gasteiger partial charge is 0.427 e. The van der Waals surface area contributed by atoms with Crippen LogP contribution in [-0.2, 0) is 25.5 Å². The molecule has 6 nitrogen and oxygen atoms in total. The van der Waals surface area contributed by atoms with Gasteiger partial charge in [-0.3, -0.25) is 9.59 Å². The van der Waals surface area contributed by atoms with Crippen LogP contribution in [0.4, 0.5) is 5.69 Å². The molecule has 1 amide bonds. The molecular weight excluding hydrogens is 402 g/mol. The highest BCUT2D eigenvalue weighted by molar-refractivity contribution is 7.80. The normalized spacial score (nSPS) is 12.0. The van der Waals surface area contributed by atoms with Crippen molar-refractivity contribution in [3.8, 4) is 0 Å². The summed E-state index contributed by atoms with van der Waals surface area (Å²) < 4.78 is 9.93. The van der Waals surface area contributed by atoms with Crippen LogP contribution in [0.3, 0.4) is 0 Å². The van der Waals surface area contributed by atoms with Gasteiger partial charge in [0.2, 0.25) is 12.7 Å². The van der Waals surface area contributed by atoms with E-state index in [0.717, 1.165) is 5.56 Å². The van der Waals surface area contributed by atoms with E-state index in [4.69, 9.17) is 9.47 Å². The molecule has 0 heterocycles. The Morgan fingerprint density at radius 2 is 1.70 bits per heavy atom. The number of rotatable bonds is 8. The van der Waals surface area contributed by atoms with Crippen LogP contribution in [0.25, 0.3) is 0 Å². The number of hydrogen-bond donors (Lipinski definition) is 2. The van der Waals surface area contributed by atoms with Gasteiger partial charge in [-0.15, -0.1) is 0 Å². The highest BCUT2D eigenvalue weighted by atomic mass is 32.1. The maximum Gasteiger partial charge on any atom is 0.341 e. The van der Waals surface area contributed by atoms with Gasteiger partial charge in [0, 0.05) is 11.4 Å². The molecule has 2 aromatic rings. The molecule has 160 valence electrons. The van der Waals surface area contributed by atoms with E-state index in [2.05, 4.69) is 17.9 Å². The van der Waals surface area contributed by atoms with Gasteiger partial charge in [0.15, 0.2) is 0 Å². The van der Waals surface area contributed by atoms with Gasteiger partial charge in [-0.25, -0.2) is 4.79 Å². The molecule has 0 saturated heterocycles. The van der Waals surface area contributed by atoms with Crippen LogP contribution in [0.1, 0.15) is 36.7 Å². The maximum absolute atomic E-state index is 12.6. The van der Waals surface area contributed by atoms with Gasteiger partial charge in [0.05, 0.1) is 16.9 Å². The number of hydrogen-bond acceptors (Lipinski definition) is 6. The van der Waals surface area contributed by atoms with Gasteiger partial charge in [0.1, 0.15) is 0 Å². The Balaban J connectivity index is 1.94. The summed E-state index contributed by atoms with van der Waals surface area (Å²) in [5.41, 5.74) is 1.08. The molecule has 2 rings (SSSR count). The van der Waals surface area contributed by atoms with E-state index in [1.165, 1.54) is 6.07 Å². The zero-order valence-electron chi connectivity index (χ0n) is 17.4. The fraction of sp³-hybridized carbons (Fsp3) is 0.348. The van der Waals surface area contributed by atoms with Crippen LogP contribution in [-0.4, -0.2) is 30.4 Å². The first-order valence-corrected chi connectivity index (χ1v) is 10.2. The highest BCUT2D eigenvalue weighted by Crippen LogP contribution is 2.17. The Hall–Kier alpha value is -2.80. The van der Waals surface area contributed by atoms with Crippen LogP contribution in [0, 0.1) is 11.3 Å². The van der Waals surface area contributed by atoms with E-state index in [1.54, 1.807) is 39.0 Å². The minimum Gasteiger partial charge on any atom is -0.427 e. The van der Waals surface area contributed by atoms with Crippen LogP contribution in [0.15, 0.2) is 54.6 Å². The summed E-state index contributed by atoms with van der Waals surface area (Å²) in [6, 6.07) is 16.1. The molecule has 1 N–H and O–H groups in total. The number of benzene rings is 2. The third kappa shape index (κ3) is 7.22.